The van der Waals surface area contributed by atoms with Gasteiger partial charge < -0.3 is 51.9 Å². The van der Waals surface area contributed by atoms with Crippen molar-refractivity contribution in [2.75, 3.05) is 37.8 Å². The van der Waals surface area contributed by atoms with Gasteiger partial charge in [-0.1, -0.05) is 17.7 Å². The Morgan fingerprint density at radius 1 is 1.09 bits per heavy atom. The maximum Gasteiger partial charge on any atom is 0.490 e. The van der Waals surface area contributed by atoms with Crippen LogP contribution in [0.25, 0.3) is 11.0 Å². The first-order chi connectivity index (χ1) is 25.7. The fourth-order valence-corrected chi connectivity index (χ4v) is 5.61. The number of nitrogens with zero attached hydrogens (tertiary/aromatic N) is 4. The molecule has 2 aliphatic rings. The van der Waals surface area contributed by atoms with Crippen LogP contribution in [-0.2, 0) is 38.8 Å². The summed E-state index contributed by atoms with van der Waals surface area (Å²) >= 11 is 5.99. The number of piperidine rings is 1. The second-order valence-corrected chi connectivity index (χ2v) is 12.2. The van der Waals surface area contributed by atoms with E-state index in [2.05, 4.69) is 35.1 Å². The fourth-order valence-electron chi connectivity index (χ4n) is 5.49. The summed E-state index contributed by atoms with van der Waals surface area (Å²) in [5.74, 6) is -5.17. The van der Waals surface area contributed by atoms with Crippen molar-refractivity contribution in [2.24, 2.45) is 0 Å². The van der Waals surface area contributed by atoms with Crippen molar-refractivity contribution < 1.29 is 69.8 Å². The molecule has 0 bridgehead atoms. The van der Waals surface area contributed by atoms with Crippen LogP contribution in [0.2, 0.25) is 5.15 Å². The molecule has 2 saturated heterocycles. The van der Waals surface area contributed by atoms with Crippen molar-refractivity contribution in [1.82, 2.24) is 30.5 Å². The molecule has 24 heteroatoms. The summed E-state index contributed by atoms with van der Waals surface area (Å²) < 4.78 is 79.6. The zero-order chi connectivity index (χ0) is 41.1. The monoisotopic (exact) mass is 813 g/mol. The largest absolute Gasteiger partial charge is 0.542 e. The Labute approximate surface area is 313 Å². The minimum atomic E-state index is -5.19. The number of carboxylic acids is 2. The highest BCUT2D eigenvalue weighted by molar-refractivity contribution is 6.31. The topological polar surface area (TPSA) is 253 Å². The third-order valence-electron chi connectivity index (χ3n) is 7.95. The van der Waals surface area contributed by atoms with E-state index < -0.39 is 30.2 Å². The van der Waals surface area contributed by atoms with Crippen LogP contribution in [0.3, 0.4) is 0 Å². The van der Waals surface area contributed by atoms with Gasteiger partial charge in [-0.05, 0) is 57.8 Å². The molecule has 8 N–H and O–H groups in total. The number of carboxylic acid groups (broad SMARTS) is 2. The number of imidazole rings is 1. The van der Waals surface area contributed by atoms with Gasteiger partial charge in [0.1, 0.15) is 19.1 Å². The molecule has 3 aromatic rings. The van der Waals surface area contributed by atoms with Gasteiger partial charge in [-0.2, -0.15) is 26.3 Å². The Hall–Kier alpha value is -5.16. The SMILES string of the molecule is CC[n+]1c(CNC(=O)c2nc(Cl)c(N)nc2N)n(C[C@@H]2CCCO2)c2cccc(OCC(=O)NC3CCNCC3)c21.O=C(O)C(F)(F)F.O=C([O-])C(F)(F)F. The summed E-state index contributed by atoms with van der Waals surface area (Å²) in [6.45, 7) is 5.79. The smallest absolute Gasteiger partial charge is 0.490 e. The van der Waals surface area contributed by atoms with Crippen LogP contribution in [0.1, 0.15) is 48.9 Å². The molecular formula is C31H38ClF6N9O8. The number of carbonyl (C=O) groups is 4. The third kappa shape index (κ3) is 12.7. The van der Waals surface area contributed by atoms with Crippen LogP contribution in [0.5, 0.6) is 5.75 Å². The van der Waals surface area contributed by atoms with Gasteiger partial charge in [0, 0.05) is 12.6 Å². The van der Waals surface area contributed by atoms with Gasteiger partial charge in [-0.3, -0.25) is 9.59 Å². The molecule has 0 aliphatic carbocycles. The number of nitrogens with two attached hydrogens (primary N) is 2. The number of anilines is 2. The molecule has 55 heavy (non-hydrogen) atoms. The number of hydrogen-bond donors (Lipinski definition) is 6. The lowest BCUT2D eigenvalue weighted by Crippen LogP contribution is -2.44. The molecule has 4 heterocycles. The number of aryl methyl sites for hydroxylation is 1. The first-order valence-electron chi connectivity index (χ1n) is 16.5. The molecule has 1 aromatic carbocycles. The van der Waals surface area contributed by atoms with E-state index in [1.54, 1.807) is 0 Å². The number of carbonyl (C=O) groups excluding carboxylic acids is 3. The van der Waals surface area contributed by atoms with Crippen LogP contribution in [0.4, 0.5) is 38.0 Å². The minimum absolute atomic E-state index is 0.0433. The van der Waals surface area contributed by atoms with Crippen LogP contribution >= 0.6 is 11.6 Å². The zero-order valence-electron chi connectivity index (χ0n) is 29.1. The van der Waals surface area contributed by atoms with Crippen molar-refractivity contribution in [2.45, 2.75) is 76.7 Å². The second kappa shape index (κ2) is 19.4. The van der Waals surface area contributed by atoms with Gasteiger partial charge in [0.25, 0.3) is 17.6 Å². The zero-order valence-corrected chi connectivity index (χ0v) is 29.8. The Balaban J connectivity index is 0.000000494. The van der Waals surface area contributed by atoms with Crippen LogP contribution in [0.15, 0.2) is 18.2 Å². The van der Waals surface area contributed by atoms with E-state index in [0.717, 1.165) is 62.2 Å². The van der Waals surface area contributed by atoms with Crippen LogP contribution < -0.4 is 41.8 Å². The molecule has 2 amide bonds. The Morgan fingerprint density at radius 3 is 2.27 bits per heavy atom. The number of para-hydroxylation sites is 1. The van der Waals surface area contributed by atoms with E-state index in [-0.39, 0.29) is 53.7 Å². The number of nitrogen functional groups attached to an aromatic ring is 2. The molecule has 2 aliphatic heterocycles. The second-order valence-electron chi connectivity index (χ2n) is 11.8. The highest BCUT2D eigenvalue weighted by Gasteiger charge is 2.38. The van der Waals surface area contributed by atoms with Crippen LogP contribution in [-0.4, -0.2) is 94.2 Å². The predicted octanol–water partition coefficient (Wildman–Crippen LogP) is 0.844. The molecule has 2 fully saturated rings. The van der Waals surface area contributed by atoms with E-state index in [1.165, 1.54) is 0 Å². The average Bonchev–Trinajstić information content (AvgIpc) is 3.74. The molecule has 0 radical (unpaired) electrons. The summed E-state index contributed by atoms with van der Waals surface area (Å²) in [7, 11) is 0. The van der Waals surface area contributed by atoms with Gasteiger partial charge in [-0.25, -0.2) is 23.9 Å². The number of hydrogen-bond acceptors (Lipinski definition) is 12. The first kappa shape index (κ1) is 44.2. The average molecular weight is 814 g/mol. The van der Waals surface area contributed by atoms with E-state index in [4.69, 9.17) is 52.3 Å². The molecule has 2 aromatic heterocycles. The number of ether oxygens (including phenoxy) is 2. The number of amides is 2. The van der Waals surface area contributed by atoms with Crippen LogP contribution in [0, 0.1) is 0 Å². The number of halogens is 7. The number of nitrogens with one attached hydrogen (secondary N) is 3. The van der Waals surface area contributed by atoms with Crippen molar-refractivity contribution in [1.29, 1.82) is 0 Å². The number of rotatable bonds is 10. The van der Waals surface area contributed by atoms with E-state index in [0.29, 0.717) is 18.8 Å². The Bertz CT molecular complexity index is 1810. The van der Waals surface area contributed by atoms with Crippen molar-refractivity contribution in [3.05, 3.63) is 34.9 Å². The van der Waals surface area contributed by atoms with Crippen molar-refractivity contribution in [3.8, 4) is 5.75 Å². The Kier molecular flexibility index (Phi) is 15.6. The Morgan fingerprint density at radius 2 is 1.73 bits per heavy atom. The van der Waals surface area contributed by atoms with Gasteiger partial charge in [0.15, 0.2) is 40.4 Å². The molecule has 17 nitrogen and oxygen atoms in total. The molecule has 0 unspecified atom stereocenters. The number of fused-ring (bicyclic) bond motifs is 1. The van der Waals surface area contributed by atoms with Gasteiger partial charge in [0.2, 0.25) is 5.52 Å². The molecule has 304 valence electrons. The van der Waals surface area contributed by atoms with E-state index >= 15 is 0 Å². The standard InChI is InChI=1S/C27H36ClN9O4.2C2HF3O2/c1-2-36-21(13-32-27(39)22-25(29)35-26(30)24(28)34-22)37(14-17-5-4-12-40-17)18-6-3-7-19(23(18)36)41-15-20(38)33-16-8-10-31-11-9-16;2*3-2(4,5)1(6)7/h3,6-7,16-17,31H,2,4-5,8-15H2,1H3,(H5-,29,30,32,33,35,38,39);2*(H,6,7)/t17-;;/m0../s1. The molecular weight excluding hydrogens is 776 g/mol. The number of alkyl halides is 6. The summed E-state index contributed by atoms with van der Waals surface area (Å²) in [6.07, 6.45) is -6.49. The third-order valence-corrected chi connectivity index (χ3v) is 8.23. The summed E-state index contributed by atoms with van der Waals surface area (Å²) in [5, 5.41) is 25.1. The summed E-state index contributed by atoms with van der Waals surface area (Å²) in [4.78, 5) is 51.4. The quantitative estimate of drug-likeness (QED) is 0.123. The fraction of sp³-hybridized carbons (Fsp3) is 0.516. The summed E-state index contributed by atoms with van der Waals surface area (Å²) in [5.41, 5.74) is 13.2. The van der Waals surface area contributed by atoms with Gasteiger partial charge >= 0.3 is 18.3 Å². The normalized spacial score (nSPS) is 16.0. The molecule has 5 rings (SSSR count). The maximum absolute atomic E-state index is 13.1. The summed E-state index contributed by atoms with van der Waals surface area (Å²) in [6, 6.07) is 5.93. The van der Waals surface area contributed by atoms with Gasteiger partial charge in [-0.15, -0.1) is 0 Å². The lowest BCUT2D eigenvalue weighted by molar-refractivity contribution is -0.676. The maximum atomic E-state index is 13.1. The van der Waals surface area contributed by atoms with Gasteiger partial charge in [0.05, 0.1) is 12.6 Å². The lowest BCUT2D eigenvalue weighted by atomic mass is 10.1. The van der Waals surface area contributed by atoms with Crippen molar-refractivity contribution in [3.63, 3.8) is 0 Å². The van der Waals surface area contributed by atoms with E-state index in [9.17, 15) is 35.9 Å². The first-order valence-corrected chi connectivity index (χ1v) is 16.9. The highest BCUT2D eigenvalue weighted by atomic mass is 35.5. The van der Waals surface area contributed by atoms with E-state index in [1.807, 2.05) is 25.1 Å². The lowest BCUT2D eigenvalue weighted by Gasteiger charge is -2.23. The number of benzene rings is 1. The number of aromatic nitrogens is 4. The number of aliphatic carboxylic acids is 2. The molecule has 1 atom stereocenters. The van der Waals surface area contributed by atoms with Crippen molar-refractivity contribution >= 4 is 58.0 Å². The molecule has 0 saturated carbocycles. The molecule has 0 spiro atoms. The highest BCUT2D eigenvalue weighted by Crippen LogP contribution is 2.27. The minimum Gasteiger partial charge on any atom is -0.542 e. The predicted molar refractivity (Wildman–Crippen MR) is 178 cm³/mol.